The van der Waals surface area contributed by atoms with E-state index in [1.54, 1.807) is 30.3 Å². The molecule has 128 valence electrons. The van der Waals surface area contributed by atoms with Crippen LogP contribution in [0.2, 0.25) is 0 Å². The van der Waals surface area contributed by atoms with Gasteiger partial charge in [0.1, 0.15) is 11.5 Å². The van der Waals surface area contributed by atoms with Crippen molar-refractivity contribution in [1.82, 2.24) is 0 Å². The molecule has 3 rings (SSSR count). The molecule has 25 heavy (non-hydrogen) atoms. The normalized spacial score (nSPS) is 12.9. The molecule has 1 saturated carbocycles. The van der Waals surface area contributed by atoms with Gasteiger partial charge in [0.15, 0.2) is 0 Å². The largest absolute Gasteiger partial charge is 0.433 e. The second-order valence-electron chi connectivity index (χ2n) is 5.46. The van der Waals surface area contributed by atoms with Gasteiger partial charge in [-0.25, -0.2) is 4.79 Å². The van der Waals surface area contributed by atoms with Crippen LogP contribution in [-0.2, 0) is 0 Å². The lowest BCUT2D eigenvalue weighted by Gasteiger charge is -2.10. The number of alkyl halides is 2. The molecule has 0 bridgehead atoms. The molecule has 2 aromatic rings. The molecule has 1 fully saturated rings. The van der Waals surface area contributed by atoms with E-state index in [1.165, 1.54) is 18.2 Å². The lowest BCUT2D eigenvalue weighted by atomic mass is 10.1. The Kier molecular flexibility index (Phi) is 5.14. The van der Waals surface area contributed by atoms with E-state index in [2.05, 4.69) is 21.9 Å². The Labute approximate surface area is 143 Å². The molecular formula is C19H15F2NO3. The maximum Gasteiger partial charge on any atom is 0.417 e. The fourth-order valence-corrected chi connectivity index (χ4v) is 2.05. The predicted molar refractivity (Wildman–Crippen MR) is 88.8 cm³/mol. The third kappa shape index (κ3) is 5.21. The fraction of sp³-hybridized carbons (Fsp3) is 0.211. The minimum Gasteiger partial charge on any atom is -0.433 e. The van der Waals surface area contributed by atoms with Gasteiger partial charge in [-0.15, -0.1) is 0 Å². The van der Waals surface area contributed by atoms with Crippen molar-refractivity contribution in [2.45, 2.75) is 19.5 Å². The summed E-state index contributed by atoms with van der Waals surface area (Å²) in [5.41, 5.74) is 0.673. The summed E-state index contributed by atoms with van der Waals surface area (Å²) < 4.78 is 34.6. The van der Waals surface area contributed by atoms with E-state index >= 15 is 0 Å². The topological polar surface area (TPSA) is 47.6 Å². The highest BCUT2D eigenvalue weighted by atomic mass is 19.3. The molecule has 2 aromatic carbocycles. The number of carbonyl (C=O) groups excluding carboxylic acids is 1. The van der Waals surface area contributed by atoms with Crippen LogP contribution in [0.4, 0.5) is 19.3 Å². The third-order valence-electron chi connectivity index (χ3n) is 3.38. The number of nitrogens with one attached hydrogen (secondary N) is 1. The van der Waals surface area contributed by atoms with Gasteiger partial charge in [-0.3, -0.25) is 5.32 Å². The van der Waals surface area contributed by atoms with E-state index in [9.17, 15) is 13.6 Å². The second-order valence-corrected chi connectivity index (χ2v) is 5.46. The maximum absolute atomic E-state index is 12.5. The zero-order valence-electron chi connectivity index (χ0n) is 13.2. The van der Waals surface area contributed by atoms with E-state index in [0.717, 1.165) is 12.8 Å². The number of para-hydroxylation sites is 1. The van der Waals surface area contributed by atoms with Crippen molar-refractivity contribution in [2.75, 3.05) is 5.32 Å². The molecule has 0 aliphatic heterocycles. The van der Waals surface area contributed by atoms with Gasteiger partial charge in [-0.05, 0) is 43.2 Å². The van der Waals surface area contributed by atoms with Crippen molar-refractivity contribution in [3.63, 3.8) is 0 Å². The maximum atomic E-state index is 12.5. The summed E-state index contributed by atoms with van der Waals surface area (Å²) in [4.78, 5) is 11.9. The van der Waals surface area contributed by atoms with Crippen LogP contribution in [0.1, 0.15) is 18.4 Å². The Hall–Kier alpha value is -3.07. The van der Waals surface area contributed by atoms with Crippen molar-refractivity contribution in [3.05, 3.63) is 54.1 Å². The quantitative estimate of drug-likeness (QED) is 0.822. The number of hydrogen-bond donors (Lipinski definition) is 1. The Morgan fingerprint density at radius 1 is 1.16 bits per heavy atom. The number of amides is 1. The average molecular weight is 343 g/mol. The van der Waals surface area contributed by atoms with Gasteiger partial charge in [0.25, 0.3) is 0 Å². The van der Waals surface area contributed by atoms with E-state index in [4.69, 9.17) is 4.74 Å². The number of rotatable bonds is 4. The Morgan fingerprint density at radius 2 is 1.92 bits per heavy atom. The number of ether oxygens (including phenoxy) is 2. The van der Waals surface area contributed by atoms with Crippen LogP contribution in [0.3, 0.4) is 0 Å². The number of hydrogen-bond acceptors (Lipinski definition) is 3. The van der Waals surface area contributed by atoms with Gasteiger partial charge in [0, 0.05) is 11.6 Å². The summed E-state index contributed by atoms with van der Waals surface area (Å²) in [6.07, 6.45) is 1.34. The van der Waals surface area contributed by atoms with Crippen LogP contribution in [-0.4, -0.2) is 12.7 Å². The molecule has 1 aliphatic rings. The third-order valence-corrected chi connectivity index (χ3v) is 3.38. The number of carbonyl (C=O) groups is 1. The lowest BCUT2D eigenvalue weighted by Crippen LogP contribution is -2.16. The van der Waals surface area contributed by atoms with Crippen molar-refractivity contribution in [1.29, 1.82) is 0 Å². The van der Waals surface area contributed by atoms with Crippen LogP contribution >= 0.6 is 0 Å². The standard InChI is InChI=1S/C19H15F2NO3/c20-18(21)25-17-11-10-15(12-14(17)9-8-13-6-7-13)22-19(23)24-16-4-2-1-3-5-16/h1-5,10-13,18H,6-7H2,(H,22,23). The monoisotopic (exact) mass is 343 g/mol. The Bertz CT molecular complexity index is 808. The molecular weight excluding hydrogens is 328 g/mol. The summed E-state index contributed by atoms with van der Waals surface area (Å²) >= 11 is 0. The van der Waals surface area contributed by atoms with Gasteiger partial charge in [0.2, 0.25) is 0 Å². The van der Waals surface area contributed by atoms with Crippen molar-refractivity contribution >= 4 is 11.8 Å². The molecule has 1 aliphatic carbocycles. The smallest absolute Gasteiger partial charge is 0.417 e. The van der Waals surface area contributed by atoms with Crippen molar-refractivity contribution in [2.24, 2.45) is 5.92 Å². The van der Waals surface area contributed by atoms with Crippen LogP contribution in [0.25, 0.3) is 0 Å². The van der Waals surface area contributed by atoms with Crippen LogP contribution in [0, 0.1) is 17.8 Å². The van der Waals surface area contributed by atoms with Gasteiger partial charge in [-0.2, -0.15) is 8.78 Å². The molecule has 4 nitrogen and oxygen atoms in total. The highest BCUT2D eigenvalue weighted by Crippen LogP contribution is 2.29. The first-order valence-electron chi connectivity index (χ1n) is 7.74. The molecule has 0 spiro atoms. The van der Waals surface area contributed by atoms with Crippen LogP contribution in [0.5, 0.6) is 11.5 Å². The Morgan fingerprint density at radius 3 is 2.60 bits per heavy atom. The predicted octanol–water partition coefficient (Wildman–Crippen LogP) is 4.66. The molecule has 1 amide bonds. The highest BCUT2D eigenvalue weighted by Gasteiger charge is 2.18. The van der Waals surface area contributed by atoms with Gasteiger partial charge in [0.05, 0.1) is 5.56 Å². The zero-order chi connectivity index (χ0) is 17.6. The van der Waals surface area contributed by atoms with Gasteiger partial charge in [-0.1, -0.05) is 30.0 Å². The first-order chi connectivity index (χ1) is 12.1. The van der Waals surface area contributed by atoms with Gasteiger partial charge < -0.3 is 9.47 Å². The molecule has 0 atom stereocenters. The van der Waals surface area contributed by atoms with Crippen molar-refractivity contribution < 1.29 is 23.0 Å². The molecule has 1 N–H and O–H groups in total. The second kappa shape index (κ2) is 7.67. The van der Waals surface area contributed by atoms with E-state index in [1.807, 2.05) is 0 Å². The summed E-state index contributed by atoms with van der Waals surface area (Å²) in [5, 5.41) is 2.54. The van der Waals surface area contributed by atoms with Crippen LogP contribution in [0.15, 0.2) is 48.5 Å². The summed E-state index contributed by atoms with van der Waals surface area (Å²) in [6.45, 7) is -2.94. The zero-order valence-corrected chi connectivity index (χ0v) is 13.2. The molecule has 6 heteroatoms. The minimum absolute atomic E-state index is 0.0230. The minimum atomic E-state index is -2.94. The van der Waals surface area contributed by atoms with E-state index in [0.29, 0.717) is 22.9 Å². The molecule has 0 saturated heterocycles. The average Bonchev–Trinajstić information content (AvgIpc) is 3.39. The highest BCUT2D eigenvalue weighted by molar-refractivity contribution is 5.86. The van der Waals surface area contributed by atoms with Crippen molar-refractivity contribution in [3.8, 4) is 23.3 Å². The molecule has 0 aromatic heterocycles. The summed E-state index contributed by atoms with van der Waals surface area (Å²) in [6, 6.07) is 12.9. The molecule has 0 heterocycles. The summed E-state index contributed by atoms with van der Waals surface area (Å²) in [5.74, 6) is 6.51. The fourth-order valence-electron chi connectivity index (χ4n) is 2.05. The molecule has 0 unspecified atom stereocenters. The van der Waals surface area contributed by atoms with E-state index in [-0.39, 0.29) is 5.75 Å². The number of anilines is 1. The van der Waals surface area contributed by atoms with E-state index < -0.39 is 12.7 Å². The first-order valence-corrected chi connectivity index (χ1v) is 7.74. The first kappa shape index (κ1) is 16.8. The lowest BCUT2D eigenvalue weighted by molar-refractivity contribution is -0.0500. The molecule has 0 radical (unpaired) electrons. The number of benzene rings is 2. The summed E-state index contributed by atoms with van der Waals surface area (Å²) in [7, 11) is 0. The van der Waals surface area contributed by atoms with Crippen LogP contribution < -0.4 is 14.8 Å². The number of halogens is 2. The van der Waals surface area contributed by atoms with Gasteiger partial charge >= 0.3 is 12.7 Å². The SMILES string of the molecule is O=C(Nc1ccc(OC(F)F)c(C#CC2CC2)c1)Oc1ccccc1. The Balaban J connectivity index is 1.73.